The fourth-order valence-corrected chi connectivity index (χ4v) is 2.83. The quantitative estimate of drug-likeness (QED) is 0.536. The van der Waals surface area contributed by atoms with Crippen molar-refractivity contribution in [3.63, 3.8) is 0 Å². The predicted molar refractivity (Wildman–Crippen MR) is 81.1 cm³/mol. The van der Waals surface area contributed by atoms with E-state index in [1.54, 1.807) is 0 Å². The summed E-state index contributed by atoms with van der Waals surface area (Å²) in [6, 6.07) is 0. The van der Waals surface area contributed by atoms with E-state index in [0.717, 1.165) is 32.7 Å². The van der Waals surface area contributed by atoms with Crippen molar-refractivity contribution in [2.24, 2.45) is 11.8 Å². The molecular weight excluding hydrogens is 270 g/mol. The lowest BCUT2D eigenvalue weighted by Crippen LogP contribution is -2.25. The standard InChI is InChI=1S/C13H23N7O/c1-9-10(4-7-21-9)8-15-11-16-12(19-14)18-13(17-11)20-5-2-3-6-20/h9-10H,2-8,14H2,1H3,(H2,15,16,17,18,19). The van der Waals surface area contributed by atoms with E-state index >= 15 is 0 Å². The van der Waals surface area contributed by atoms with Crippen molar-refractivity contribution in [1.29, 1.82) is 0 Å². The Bertz CT molecular complexity index is 478. The van der Waals surface area contributed by atoms with Crippen LogP contribution in [0.5, 0.6) is 0 Å². The molecule has 2 unspecified atom stereocenters. The topological polar surface area (TPSA) is 101 Å². The van der Waals surface area contributed by atoms with Gasteiger partial charge < -0.3 is 15.0 Å². The first-order valence-corrected chi connectivity index (χ1v) is 7.59. The van der Waals surface area contributed by atoms with Crippen molar-refractivity contribution in [3.05, 3.63) is 0 Å². The zero-order valence-electron chi connectivity index (χ0n) is 12.4. The summed E-state index contributed by atoms with van der Waals surface area (Å²) in [5, 5.41) is 3.29. The van der Waals surface area contributed by atoms with Gasteiger partial charge in [0.15, 0.2) is 0 Å². The molecule has 0 saturated carbocycles. The van der Waals surface area contributed by atoms with Gasteiger partial charge in [-0.1, -0.05) is 0 Å². The van der Waals surface area contributed by atoms with Crippen LogP contribution in [0.3, 0.4) is 0 Å². The molecule has 0 amide bonds. The fraction of sp³-hybridized carbons (Fsp3) is 0.769. The minimum absolute atomic E-state index is 0.282. The van der Waals surface area contributed by atoms with Crippen LogP contribution in [0.1, 0.15) is 26.2 Å². The maximum atomic E-state index is 5.57. The molecule has 0 bridgehead atoms. The van der Waals surface area contributed by atoms with Crippen LogP contribution < -0.4 is 21.5 Å². The first kappa shape index (κ1) is 14.3. The summed E-state index contributed by atoms with van der Waals surface area (Å²) >= 11 is 0. The lowest BCUT2D eigenvalue weighted by molar-refractivity contribution is 0.108. The van der Waals surface area contributed by atoms with Gasteiger partial charge in [-0.3, -0.25) is 5.43 Å². The van der Waals surface area contributed by atoms with Gasteiger partial charge in [-0.05, 0) is 26.2 Å². The van der Waals surface area contributed by atoms with E-state index < -0.39 is 0 Å². The Kier molecular flexibility index (Phi) is 4.35. The molecule has 0 spiro atoms. The van der Waals surface area contributed by atoms with Crippen molar-refractivity contribution in [3.8, 4) is 0 Å². The van der Waals surface area contributed by atoms with E-state index in [9.17, 15) is 0 Å². The third-order valence-corrected chi connectivity index (χ3v) is 4.20. The highest BCUT2D eigenvalue weighted by molar-refractivity contribution is 5.43. The Morgan fingerprint density at radius 1 is 1.24 bits per heavy atom. The molecule has 21 heavy (non-hydrogen) atoms. The van der Waals surface area contributed by atoms with Gasteiger partial charge in [-0.2, -0.15) is 15.0 Å². The summed E-state index contributed by atoms with van der Waals surface area (Å²) in [4.78, 5) is 15.3. The molecule has 4 N–H and O–H groups in total. The molecule has 2 saturated heterocycles. The summed E-state index contributed by atoms with van der Waals surface area (Å²) in [7, 11) is 0. The molecule has 2 atom stereocenters. The van der Waals surface area contributed by atoms with Crippen molar-refractivity contribution in [1.82, 2.24) is 15.0 Å². The van der Waals surface area contributed by atoms with Crippen LogP contribution in [0.2, 0.25) is 0 Å². The maximum absolute atomic E-state index is 5.57. The molecule has 3 rings (SSSR count). The number of nitrogen functional groups attached to an aromatic ring is 1. The van der Waals surface area contributed by atoms with Gasteiger partial charge in [0.2, 0.25) is 17.8 Å². The summed E-state index contributed by atoms with van der Waals surface area (Å²) in [6.45, 7) is 5.71. The molecule has 0 aromatic carbocycles. The van der Waals surface area contributed by atoms with Crippen molar-refractivity contribution in [2.75, 3.05) is 41.9 Å². The maximum Gasteiger partial charge on any atom is 0.243 e. The summed E-state index contributed by atoms with van der Waals surface area (Å²) in [6.07, 6.45) is 3.71. The Balaban J connectivity index is 1.69. The number of ether oxygens (including phenoxy) is 1. The summed E-state index contributed by atoms with van der Waals surface area (Å²) in [5.74, 6) is 7.60. The fourth-order valence-electron chi connectivity index (χ4n) is 2.83. The second-order valence-electron chi connectivity index (χ2n) is 5.63. The predicted octanol–water partition coefficient (Wildman–Crippen LogP) is 0.594. The molecule has 1 aromatic heterocycles. The second-order valence-corrected chi connectivity index (χ2v) is 5.63. The minimum atomic E-state index is 0.282. The normalized spacial score (nSPS) is 25.3. The van der Waals surface area contributed by atoms with E-state index in [0.29, 0.717) is 23.8 Å². The molecule has 0 aliphatic carbocycles. The third-order valence-electron chi connectivity index (χ3n) is 4.20. The van der Waals surface area contributed by atoms with Gasteiger partial charge in [-0.15, -0.1) is 0 Å². The molecule has 2 fully saturated rings. The van der Waals surface area contributed by atoms with Gasteiger partial charge in [0.1, 0.15) is 0 Å². The van der Waals surface area contributed by atoms with Gasteiger partial charge in [0.25, 0.3) is 0 Å². The molecule has 0 radical (unpaired) electrons. The smallest absolute Gasteiger partial charge is 0.243 e. The van der Waals surface area contributed by atoms with E-state index in [-0.39, 0.29) is 6.10 Å². The van der Waals surface area contributed by atoms with Crippen LogP contribution in [0.4, 0.5) is 17.8 Å². The number of nitrogens with two attached hydrogens (primary N) is 1. The number of hydrazine groups is 1. The van der Waals surface area contributed by atoms with Crippen LogP contribution >= 0.6 is 0 Å². The first-order chi connectivity index (χ1) is 10.3. The Morgan fingerprint density at radius 2 is 2.00 bits per heavy atom. The minimum Gasteiger partial charge on any atom is -0.378 e. The molecule has 8 nitrogen and oxygen atoms in total. The lowest BCUT2D eigenvalue weighted by atomic mass is 10.0. The van der Waals surface area contributed by atoms with E-state index in [1.165, 1.54) is 12.8 Å². The summed E-state index contributed by atoms with van der Waals surface area (Å²) < 4.78 is 5.57. The highest BCUT2D eigenvalue weighted by Gasteiger charge is 2.24. The molecule has 3 heterocycles. The van der Waals surface area contributed by atoms with Crippen LogP contribution in [-0.4, -0.2) is 47.3 Å². The van der Waals surface area contributed by atoms with Gasteiger partial charge >= 0.3 is 0 Å². The number of nitrogens with zero attached hydrogens (tertiary/aromatic N) is 4. The number of nitrogens with one attached hydrogen (secondary N) is 2. The molecular formula is C13H23N7O. The zero-order chi connectivity index (χ0) is 14.7. The van der Waals surface area contributed by atoms with Crippen LogP contribution in [0.15, 0.2) is 0 Å². The van der Waals surface area contributed by atoms with E-state index in [1.807, 2.05) is 0 Å². The number of rotatable bonds is 5. The third kappa shape index (κ3) is 3.33. The largest absolute Gasteiger partial charge is 0.378 e. The van der Waals surface area contributed by atoms with Crippen LogP contribution in [0, 0.1) is 5.92 Å². The lowest BCUT2D eigenvalue weighted by Gasteiger charge is -2.18. The van der Waals surface area contributed by atoms with Crippen molar-refractivity contribution < 1.29 is 4.74 Å². The van der Waals surface area contributed by atoms with Gasteiger partial charge in [0, 0.05) is 32.2 Å². The SMILES string of the molecule is CC1OCCC1CNc1nc(NN)nc(N2CCCC2)n1. The van der Waals surface area contributed by atoms with Crippen LogP contribution in [-0.2, 0) is 4.74 Å². The van der Waals surface area contributed by atoms with Gasteiger partial charge in [0.05, 0.1) is 6.10 Å². The monoisotopic (exact) mass is 293 g/mol. The molecule has 1 aromatic rings. The Morgan fingerprint density at radius 3 is 2.67 bits per heavy atom. The zero-order valence-corrected chi connectivity index (χ0v) is 12.4. The van der Waals surface area contributed by atoms with Crippen molar-refractivity contribution >= 4 is 17.8 Å². The Hall–Kier alpha value is -1.67. The molecule has 2 aliphatic heterocycles. The first-order valence-electron chi connectivity index (χ1n) is 7.59. The van der Waals surface area contributed by atoms with Crippen LogP contribution in [0.25, 0.3) is 0 Å². The number of hydrogen-bond acceptors (Lipinski definition) is 8. The highest BCUT2D eigenvalue weighted by atomic mass is 16.5. The Labute approximate surface area is 124 Å². The van der Waals surface area contributed by atoms with Crippen molar-refractivity contribution in [2.45, 2.75) is 32.3 Å². The average molecular weight is 293 g/mol. The second kappa shape index (κ2) is 6.40. The molecule has 2 aliphatic rings. The highest BCUT2D eigenvalue weighted by Crippen LogP contribution is 2.22. The molecule has 116 valence electrons. The average Bonchev–Trinajstić information content (AvgIpc) is 3.16. The number of aromatic nitrogens is 3. The van der Waals surface area contributed by atoms with E-state index in [2.05, 4.69) is 37.5 Å². The molecule has 8 heteroatoms. The van der Waals surface area contributed by atoms with Gasteiger partial charge in [-0.25, -0.2) is 5.84 Å². The number of hydrogen-bond donors (Lipinski definition) is 3. The summed E-state index contributed by atoms with van der Waals surface area (Å²) in [5.41, 5.74) is 2.51. The van der Waals surface area contributed by atoms with E-state index in [4.69, 9.17) is 10.6 Å². The number of anilines is 3.